The maximum atomic E-state index is 13.3. The number of carbonyl (C=O) groups excluding carboxylic acids is 1. The molecule has 1 spiro atoms. The SMILES string of the molecule is Cc1ccccc1NC1=CC[C@H]2[C@H](C)C3(CC[C@]2(C)C1=O)OCCO3. The monoisotopic (exact) mass is 341 g/mol. The summed E-state index contributed by atoms with van der Waals surface area (Å²) in [5.74, 6) is 0.231. The lowest BCUT2D eigenvalue weighted by atomic mass is 9.55. The highest BCUT2D eigenvalue weighted by molar-refractivity contribution is 6.03. The smallest absolute Gasteiger partial charge is 0.184 e. The highest BCUT2D eigenvalue weighted by Crippen LogP contribution is 2.55. The van der Waals surface area contributed by atoms with Gasteiger partial charge in [0.2, 0.25) is 0 Å². The topological polar surface area (TPSA) is 47.6 Å². The Hall–Kier alpha value is -1.65. The van der Waals surface area contributed by atoms with Crippen molar-refractivity contribution in [1.82, 2.24) is 0 Å². The zero-order valence-electron chi connectivity index (χ0n) is 15.3. The van der Waals surface area contributed by atoms with E-state index < -0.39 is 5.79 Å². The first kappa shape index (κ1) is 16.8. The number of fused-ring (bicyclic) bond motifs is 1. The molecular formula is C21H27NO3. The standard InChI is InChI=1S/C21H27NO3/c1-14-6-4-5-7-17(14)22-18-9-8-16-15(2)21(24-12-13-25-21)11-10-20(16,3)19(18)23/h4-7,9,15-16,22H,8,10-13H2,1-3H3/t15-,16-,20-/m0/s1. The second kappa shape index (κ2) is 5.96. The number of ketones is 1. The van der Waals surface area contributed by atoms with Gasteiger partial charge in [-0.1, -0.05) is 38.1 Å². The molecule has 3 aliphatic rings. The summed E-state index contributed by atoms with van der Waals surface area (Å²) in [6.45, 7) is 7.70. The van der Waals surface area contributed by atoms with Gasteiger partial charge in [0, 0.05) is 23.4 Å². The van der Waals surface area contributed by atoms with Crippen molar-refractivity contribution >= 4 is 11.5 Å². The van der Waals surface area contributed by atoms with E-state index in [1.807, 2.05) is 18.2 Å². The molecule has 0 radical (unpaired) electrons. The lowest BCUT2D eigenvalue weighted by Gasteiger charge is -2.52. The minimum absolute atomic E-state index is 0.217. The number of rotatable bonds is 2. The fraction of sp³-hybridized carbons (Fsp3) is 0.571. The fourth-order valence-electron chi connectivity index (χ4n) is 4.94. The van der Waals surface area contributed by atoms with Gasteiger partial charge in [0.25, 0.3) is 0 Å². The summed E-state index contributed by atoms with van der Waals surface area (Å²) < 4.78 is 12.0. The van der Waals surface area contributed by atoms with Crippen LogP contribution in [0, 0.1) is 24.2 Å². The van der Waals surface area contributed by atoms with Crippen LogP contribution in [0.4, 0.5) is 5.69 Å². The Morgan fingerprint density at radius 3 is 2.60 bits per heavy atom. The number of allylic oxidation sites excluding steroid dienone is 2. The Morgan fingerprint density at radius 1 is 1.16 bits per heavy atom. The van der Waals surface area contributed by atoms with E-state index in [-0.39, 0.29) is 23.0 Å². The fourth-order valence-corrected chi connectivity index (χ4v) is 4.94. The molecule has 2 aliphatic carbocycles. The number of ether oxygens (including phenoxy) is 2. The maximum absolute atomic E-state index is 13.3. The molecule has 0 unspecified atom stereocenters. The molecule has 134 valence electrons. The second-order valence-electron chi connectivity index (χ2n) is 7.94. The number of para-hydroxylation sites is 1. The Labute approximate surface area is 149 Å². The summed E-state index contributed by atoms with van der Waals surface area (Å²) in [7, 11) is 0. The lowest BCUT2D eigenvalue weighted by Crippen LogP contribution is -2.56. The van der Waals surface area contributed by atoms with Crippen molar-refractivity contribution in [3.8, 4) is 0 Å². The van der Waals surface area contributed by atoms with E-state index in [4.69, 9.17) is 9.47 Å². The van der Waals surface area contributed by atoms with Gasteiger partial charge in [-0.25, -0.2) is 0 Å². The van der Waals surface area contributed by atoms with E-state index >= 15 is 0 Å². The van der Waals surface area contributed by atoms with Crippen LogP contribution in [-0.4, -0.2) is 24.8 Å². The predicted molar refractivity (Wildman–Crippen MR) is 97.1 cm³/mol. The predicted octanol–water partition coefficient (Wildman–Crippen LogP) is 4.06. The molecule has 1 aromatic carbocycles. The molecule has 0 aromatic heterocycles. The van der Waals surface area contributed by atoms with Crippen LogP contribution in [0.25, 0.3) is 0 Å². The largest absolute Gasteiger partial charge is 0.353 e. The maximum Gasteiger partial charge on any atom is 0.184 e. The van der Waals surface area contributed by atoms with Crippen molar-refractivity contribution in [2.24, 2.45) is 17.3 Å². The molecule has 1 saturated carbocycles. The average Bonchev–Trinajstić information content (AvgIpc) is 3.08. The van der Waals surface area contributed by atoms with E-state index in [1.165, 1.54) is 0 Å². The van der Waals surface area contributed by atoms with Crippen molar-refractivity contribution in [3.63, 3.8) is 0 Å². The van der Waals surface area contributed by atoms with Crippen LogP contribution in [0.15, 0.2) is 36.0 Å². The molecular weight excluding hydrogens is 314 g/mol. The van der Waals surface area contributed by atoms with Crippen molar-refractivity contribution in [2.75, 3.05) is 18.5 Å². The van der Waals surface area contributed by atoms with Gasteiger partial charge in [-0.3, -0.25) is 4.79 Å². The number of carbonyl (C=O) groups is 1. The number of nitrogens with one attached hydrogen (secondary N) is 1. The average molecular weight is 341 g/mol. The third-order valence-corrected chi connectivity index (χ3v) is 6.64. The molecule has 4 rings (SSSR count). The summed E-state index contributed by atoms with van der Waals surface area (Å²) in [6, 6.07) is 8.09. The minimum atomic E-state index is -0.473. The van der Waals surface area contributed by atoms with Gasteiger partial charge in [-0.05, 0) is 37.3 Å². The summed E-state index contributed by atoms with van der Waals surface area (Å²) in [5, 5.41) is 3.38. The zero-order valence-corrected chi connectivity index (χ0v) is 15.3. The van der Waals surface area contributed by atoms with Gasteiger partial charge in [0.05, 0.1) is 18.9 Å². The van der Waals surface area contributed by atoms with Crippen molar-refractivity contribution in [3.05, 3.63) is 41.6 Å². The third-order valence-electron chi connectivity index (χ3n) is 6.64. The van der Waals surface area contributed by atoms with Crippen LogP contribution in [-0.2, 0) is 14.3 Å². The molecule has 0 amide bonds. The highest BCUT2D eigenvalue weighted by atomic mass is 16.7. The first-order valence-electron chi connectivity index (χ1n) is 9.32. The van der Waals surface area contributed by atoms with E-state index in [2.05, 4.69) is 38.2 Å². The first-order valence-corrected chi connectivity index (χ1v) is 9.32. The Kier molecular flexibility index (Phi) is 4.00. The van der Waals surface area contributed by atoms with Crippen LogP contribution in [0.1, 0.15) is 38.7 Å². The van der Waals surface area contributed by atoms with Gasteiger partial charge < -0.3 is 14.8 Å². The van der Waals surface area contributed by atoms with E-state index in [1.54, 1.807) is 0 Å². The third kappa shape index (κ3) is 2.54. The highest BCUT2D eigenvalue weighted by Gasteiger charge is 2.58. The molecule has 1 aromatic rings. The molecule has 1 N–H and O–H groups in total. The summed E-state index contributed by atoms with van der Waals surface area (Å²) in [5.41, 5.74) is 2.54. The Bertz CT molecular complexity index is 720. The molecule has 0 bridgehead atoms. The molecule has 1 heterocycles. The molecule has 2 fully saturated rings. The van der Waals surface area contributed by atoms with Crippen LogP contribution < -0.4 is 5.32 Å². The Morgan fingerprint density at radius 2 is 1.88 bits per heavy atom. The van der Waals surface area contributed by atoms with Gasteiger partial charge in [0.1, 0.15) is 0 Å². The number of aryl methyl sites for hydroxylation is 1. The van der Waals surface area contributed by atoms with Crippen molar-refractivity contribution in [1.29, 1.82) is 0 Å². The zero-order chi connectivity index (χ0) is 17.7. The Balaban J connectivity index is 1.61. The summed E-state index contributed by atoms with van der Waals surface area (Å²) in [6.07, 6.45) is 4.57. The molecule has 25 heavy (non-hydrogen) atoms. The summed E-state index contributed by atoms with van der Waals surface area (Å²) in [4.78, 5) is 13.3. The molecule has 4 heteroatoms. The molecule has 3 atom stereocenters. The van der Waals surface area contributed by atoms with Gasteiger partial charge >= 0.3 is 0 Å². The normalized spacial score (nSPS) is 33.9. The molecule has 4 nitrogen and oxygen atoms in total. The number of Topliss-reactive ketones (excluding diaryl/α,β-unsaturated/α-hetero) is 1. The number of hydrogen-bond donors (Lipinski definition) is 1. The van der Waals surface area contributed by atoms with Gasteiger partial charge in [0.15, 0.2) is 11.6 Å². The van der Waals surface area contributed by atoms with Crippen LogP contribution in [0.2, 0.25) is 0 Å². The van der Waals surface area contributed by atoms with Crippen LogP contribution in [0.5, 0.6) is 0 Å². The lowest BCUT2D eigenvalue weighted by molar-refractivity contribution is -0.239. The van der Waals surface area contributed by atoms with E-state index in [0.29, 0.717) is 13.2 Å². The first-order chi connectivity index (χ1) is 12.0. The van der Waals surface area contributed by atoms with Crippen LogP contribution >= 0.6 is 0 Å². The quantitative estimate of drug-likeness (QED) is 0.881. The molecule has 1 saturated heterocycles. The minimum Gasteiger partial charge on any atom is -0.353 e. The van der Waals surface area contributed by atoms with Gasteiger partial charge in [-0.15, -0.1) is 0 Å². The number of benzene rings is 1. The van der Waals surface area contributed by atoms with Crippen molar-refractivity contribution in [2.45, 2.75) is 45.8 Å². The van der Waals surface area contributed by atoms with E-state index in [9.17, 15) is 4.79 Å². The van der Waals surface area contributed by atoms with Crippen LogP contribution in [0.3, 0.4) is 0 Å². The van der Waals surface area contributed by atoms with Gasteiger partial charge in [-0.2, -0.15) is 0 Å². The molecule has 1 aliphatic heterocycles. The van der Waals surface area contributed by atoms with E-state index in [0.717, 1.165) is 36.2 Å². The number of anilines is 1. The second-order valence-corrected chi connectivity index (χ2v) is 7.94. The van der Waals surface area contributed by atoms with Crippen molar-refractivity contribution < 1.29 is 14.3 Å². The summed E-state index contributed by atoms with van der Waals surface area (Å²) >= 11 is 0. The number of hydrogen-bond acceptors (Lipinski definition) is 4.